The SMILES string of the molecule is Cc1cnc(Nc2ccc(N(C)CCN(C)C)c(N)c2)nc1Nc1ccccc1P(C)(C)=O. The van der Waals surface area contributed by atoms with Crippen molar-refractivity contribution in [3.8, 4) is 0 Å². The molecule has 0 aliphatic heterocycles. The number of rotatable bonds is 9. The summed E-state index contributed by atoms with van der Waals surface area (Å²) in [5, 5.41) is 7.36. The largest absolute Gasteiger partial charge is 0.397 e. The van der Waals surface area contributed by atoms with Gasteiger partial charge in [0.15, 0.2) is 0 Å². The number of hydrogen-bond acceptors (Lipinski definition) is 8. The lowest BCUT2D eigenvalue weighted by molar-refractivity contribution is 0.416. The summed E-state index contributed by atoms with van der Waals surface area (Å²) in [7, 11) is 3.69. The highest BCUT2D eigenvalue weighted by Crippen LogP contribution is 2.38. The van der Waals surface area contributed by atoms with Gasteiger partial charge in [-0.1, -0.05) is 12.1 Å². The van der Waals surface area contributed by atoms with E-state index in [0.717, 1.165) is 41.0 Å². The first-order chi connectivity index (χ1) is 15.5. The molecule has 9 heteroatoms. The van der Waals surface area contributed by atoms with E-state index in [4.69, 9.17) is 5.73 Å². The fraction of sp³-hybridized carbons (Fsp3) is 0.333. The molecule has 1 heterocycles. The van der Waals surface area contributed by atoms with Gasteiger partial charge in [-0.2, -0.15) is 4.98 Å². The third-order valence-electron chi connectivity index (χ3n) is 5.29. The number of nitrogens with one attached hydrogen (secondary N) is 2. The molecule has 0 radical (unpaired) electrons. The molecule has 0 amide bonds. The van der Waals surface area contributed by atoms with E-state index in [2.05, 4.69) is 44.5 Å². The highest BCUT2D eigenvalue weighted by molar-refractivity contribution is 7.70. The maximum absolute atomic E-state index is 12.7. The molecule has 3 aromatic rings. The van der Waals surface area contributed by atoms with Crippen molar-refractivity contribution in [2.45, 2.75) is 6.92 Å². The minimum Gasteiger partial charge on any atom is -0.397 e. The monoisotopic (exact) mass is 467 g/mol. The number of hydrogen-bond donors (Lipinski definition) is 3. The average molecular weight is 468 g/mol. The Labute approximate surface area is 196 Å². The molecule has 0 unspecified atom stereocenters. The first-order valence-electron chi connectivity index (χ1n) is 10.8. The molecule has 0 saturated carbocycles. The van der Waals surface area contributed by atoms with E-state index >= 15 is 0 Å². The molecule has 0 aliphatic rings. The zero-order valence-electron chi connectivity index (χ0n) is 20.3. The van der Waals surface area contributed by atoms with E-state index in [1.54, 1.807) is 19.5 Å². The van der Waals surface area contributed by atoms with E-state index in [-0.39, 0.29) is 0 Å². The summed E-state index contributed by atoms with van der Waals surface area (Å²) < 4.78 is 12.7. The first kappa shape index (κ1) is 24.6. The minimum absolute atomic E-state index is 0.449. The van der Waals surface area contributed by atoms with Crippen molar-refractivity contribution in [2.75, 3.05) is 68.8 Å². The average Bonchev–Trinajstić information content (AvgIpc) is 2.74. The normalized spacial score (nSPS) is 11.5. The number of nitrogen functional groups attached to an aromatic ring is 1. The van der Waals surface area contributed by atoms with Gasteiger partial charge in [0, 0.05) is 42.9 Å². The molecule has 0 atom stereocenters. The van der Waals surface area contributed by atoms with Crippen molar-refractivity contribution in [3.05, 3.63) is 54.2 Å². The molecule has 3 rings (SSSR count). The maximum Gasteiger partial charge on any atom is 0.229 e. The van der Waals surface area contributed by atoms with Crippen LogP contribution in [-0.2, 0) is 4.57 Å². The van der Waals surface area contributed by atoms with Crippen LogP contribution in [0.3, 0.4) is 0 Å². The number of benzene rings is 2. The molecule has 176 valence electrons. The number of aryl methyl sites for hydroxylation is 1. The Morgan fingerprint density at radius 1 is 1.03 bits per heavy atom. The summed E-state index contributed by atoms with van der Waals surface area (Å²) in [5.41, 5.74) is 10.5. The lowest BCUT2D eigenvalue weighted by atomic mass is 10.2. The van der Waals surface area contributed by atoms with Crippen LogP contribution in [0.4, 0.5) is 34.5 Å². The predicted octanol–water partition coefficient (Wildman–Crippen LogP) is 4.10. The van der Waals surface area contributed by atoms with Gasteiger partial charge in [0.25, 0.3) is 0 Å². The van der Waals surface area contributed by atoms with E-state index in [0.29, 0.717) is 17.5 Å². The summed E-state index contributed by atoms with van der Waals surface area (Å²) in [6.45, 7) is 7.28. The molecule has 0 fully saturated rings. The lowest BCUT2D eigenvalue weighted by Gasteiger charge is -2.23. The summed E-state index contributed by atoms with van der Waals surface area (Å²) in [6, 6.07) is 13.5. The zero-order chi connectivity index (χ0) is 24.2. The van der Waals surface area contributed by atoms with Gasteiger partial charge in [-0.3, -0.25) is 0 Å². The fourth-order valence-corrected chi connectivity index (χ4v) is 4.54. The standard InChI is InChI=1S/C24H34N7OP/c1-17-16-26-24(29-23(17)28-20-9-7-8-10-22(20)33(5,6)32)27-18-11-12-21(19(25)15-18)31(4)14-13-30(2)3/h7-12,15-16H,13-14,25H2,1-6H3,(H2,26,27,28,29). The van der Waals surface area contributed by atoms with Crippen LogP contribution in [0.2, 0.25) is 0 Å². The highest BCUT2D eigenvalue weighted by Gasteiger charge is 2.17. The van der Waals surface area contributed by atoms with Crippen molar-refractivity contribution in [2.24, 2.45) is 0 Å². The summed E-state index contributed by atoms with van der Waals surface area (Å²) in [6.07, 6.45) is 1.75. The van der Waals surface area contributed by atoms with Crippen LogP contribution in [0, 0.1) is 6.92 Å². The first-order valence-corrected chi connectivity index (χ1v) is 13.4. The predicted molar refractivity (Wildman–Crippen MR) is 142 cm³/mol. The van der Waals surface area contributed by atoms with Crippen LogP contribution in [0.25, 0.3) is 0 Å². The quantitative estimate of drug-likeness (QED) is 0.320. The van der Waals surface area contributed by atoms with E-state index in [9.17, 15) is 4.57 Å². The summed E-state index contributed by atoms with van der Waals surface area (Å²) >= 11 is 0. The molecular formula is C24H34N7OP. The fourth-order valence-electron chi connectivity index (χ4n) is 3.38. The minimum atomic E-state index is -2.45. The van der Waals surface area contributed by atoms with Gasteiger partial charge >= 0.3 is 0 Å². The van der Waals surface area contributed by atoms with Crippen LogP contribution < -0.4 is 26.6 Å². The molecule has 2 aromatic carbocycles. The second kappa shape index (κ2) is 10.2. The van der Waals surface area contributed by atoms with E-state index in [1.807, 2.05) is 56.4 Å². The van der Waals surface area contributed by atoms with E-state index < -0.39 is 7.14 Å². The number of likely N-dealkylation sites (N-methyl/N-ethyl adjacent to an activating group) is 2. The van der Waals surface area contributed by atoms with Crippen LogP contribution in [-0.4, -0.2) is 62.4 Å². The van der Waals surface area contributed by atoms with Crippen molar-refractivity contribution in [1.29, 1.82) is 0 Å². The van der Waals surface area contributed by atoms with Gasteiger partial charge in [0.1, 0.15) is 13.0 Å². The van der Waals surface area contributed by atoms with Gasteiger partial charge in [-0.25, -0.2) is 4.98 Å². The van der Waals surface area contributed by atoms with Crippen LogP contribution in [0.5, 0.6) is 0 Å². The van der Waals surface area contributed by atoms with Crippen LogP contribution in [0.1, 0.15) is 5.56 Å². The number of nitrogens with two attached hydrogens (primary N) is 1. The molecule has 0 spiro atoms. The highest BCUT2D eigenvalue weighted by atomic mass is 31.2. The Morgan fingerprint density at radius 2 is 1.76 bits per heavy atom. The van der Waals surface area contributed by atoms with Gasteiger partial charge < -0.3 is 30.7 Å². The topological polar surface area (TPSA) is 99.4 Å². The molecule has 33 heavy (non-hydrogen) atoms. The smallest absolute Gasteiger partial charge is 0.229 e. The Morgan fingerprint density at radius 3 is 2.42 bits per heavy atom. The van der Waals surface area contributed by atoms with Crippen LogP contribution in [0.15, 0.2) is 48.7 Å². The number of anilines is 6. The van der Waals surface area contributed by atoms with Gasteiger partial charge in [0.2, 0.25) is 5.95 Å². The van der Waals surface area contributed by atoms with Crippen molar-refractivity contribution >= 4 is 47.0 Å². The van der Waals surface area contributed by atoms with Crippen molar-refractivity contribution in [1.82, 2.24) is 14.9 Å². The summed E-state index contributed by atoms with van der Waals surface area (Å²) in [5.74, 6) is 1.10. The molecule has 0 aliphatic carbocycles. The second-order valence-corrected chi connectivity index (χ2v) is 12.0. The van der Waals surface area contributed by atoms with Crippen LogP contribution >= 0.6 is 7.14 Å². The third kappa shape index (κ3) is 6.46. The molecule has 8 nitrogen and oxygen atoms in total. The molecule has 1 aromatic heterocycles. The Hall–Kier alpha value is -3.09. The zero-order valence-corrected chi connectivity index (χ0v) is 21.1. The van der Waals surface area contributed by atoms with Gasteiger partial charge in [-0.15, -0.1) is 0 Å². The molecular weight excluding hydrogens is 433 g/mol. The second-order valence-electron chi connectivity index (χ2n) is 8.84. The molecule has 0 saturated heterocycles. The molecule has 0 bridgehead atoms. The number of para-hydroxylation sites is 1. The van der Waals surface area contributed by atoms with E-state index in [1.165, 1.54) is 0 Å². The Balaban J connectivity index is 1.80. The molecule has 4 N–H and O–H groups in total. The van der Waals surface area contributed by atoms with Gasteiger partial charge in [0.05, 0.1) is 17.1 Å². The van der Waals surface area contributed by atoms with Gasteiger partial charge in [-0.05, 0) is 64.7 Å². The Kier molecular flexibility index (Phi) is 7.61. The van der Waals surface area contributed by atoms with Crippen molar-refractivity contribution in [3.63, 3.8) is 0 Å². The number of aromatic nitrogens is 2. The van der Waals surface area contributed by atoms with Crippen molar-refractivity contribution < 1.29 is 4.57 Å². The summed E-state index contributed by atoms with van der Waals surface area (Å²) in [4.78, 5) is 13.3. The Bertz CT molecular complexity index is 1160. The lowest BCUT2D eigenvalue weighted by Crippen LogP contribution is -2.28. The third-order valence-corrected chi connectivity index (χ3v) is 6.84. The maximum atomic E-state index is 12.7. The number of nitrogens with zero attached hydrogens (tertiary/aromatic N) is 4.